The lowest BCUT2D eigenvalue weighted by atomic mass is 10.1. The van der Waals surface area contributed by atoms with E-state index in [9.17, 15) is 9.90 Å². The van der Waals surface area contributed by atoms with E-state index in [0.717, 1.165) is 0 Å². The van der Waals surface area contributed by atoms with Crippen LogP contribution in [0.3, 0.4) is 0 Å². The molecule has 2 aromatic rings. The molecule has 0 aliphatic heterocycles. The highest BCUT2D eigenvalue weighted by atomic mass is 16.3. The highest BCUT2D eigenvalue weighted by Crippen LogP contribution is 2.20. The Morgan fingerprint density at radius 1 is 1.50 bits per heavy atom. The average Bonchev–Trinajstić information content (AvgIpc) is 2.66. The number of rotatable bonds is 3. The van der Waals surface area contributed by atoms with Crippen LogP contribution in [0.1, 0.15) is 19.7 Å². The van der Waals surface area contributed by atoms with Gasteiger partial charge in [0.2, 0.25) is 0 Å². The number of anilines is 1. The molecule has 6 heteroatoms. The van der Waals surface area contributed by atoms with E-state index in [1.54, 1.807) is 46.0 Å². The Kier molecular flexibility index (Phi) is 3.67. The lowest BCUT2D eigenvalue weighted by Crippen LogP contribution is -2.41. The van der Waals surface area contributed by atoms with Crippen LogP contribution in [0.4, 0.5) is 10.5 Å². The number of aromatic nitrogens is 1. The van der Waals surface area contributed by atoms with Gasteiger partial charge in [-0.05, 0) is 32.0 Å². The van der Waals surface area contributed by atoms with Gasteiger partial charge in [-0.25, -0.2) is 9.78 Å². The standard InChI is InChI=1S/C14H19N3O3/c1-9-15-11-7-10(5-6-12(11)20-9)16-13(18)17(4)8-14(2,3)19/h5-7,19H,8H2,1-4H3,(H,16,18). The SMILES string of the molecule is Cc1nc2cc(NC(=O)N(C)CC(C)(C)O)ccc2o1. The second-order valence-electron chi connectivity index (χ2n) is 5.51. The first-order valence-electron chi connectivity index (χ1n) is 6.36. The number of urea groups is 1. The minimum absolute atomic E-state index is 0.240. The van der Waals surface area contributed by atoms with Gasteiger partial charge in [0, 0.05) is 19.7 Å². The fourth-order valence-corrected chi connectivity index (χ4v) is 1.99. The van der Waals surface area contributed by atoms with Crippen molar-refractivity contribution in [2.75, 3.05) is 18.9 Å². The number of hydrogen-bond acceptors (Lipinski definition) is 4. The molecule has 0 aliphatic carbocycles. The lowest BCUT2D eigenvalue weighted by molar-refractivity contribution is 0.0550. The van der Waals surface area contributed by atoms with Crippen LogP contribution >= 0.6 is 0 Å². The van der Waals surface area contributed by atoms with Crippen molar-refractivity contribution >= 4 is 22.8 Å². The molecule has 2 rings (SSSR count). The minimum Gasteiger partial charge on any atom is -0.441 e. The molecule has 1 aromatic heterocycles. The maximum atomic E-state index is 12.0. The topological polar surface area (TPSA) is 78.6 Å². The molecule has 0 bridgehead atoms. The molecule has 0 unspecified atom stereocenters. The van der Waals surface area contributed by atoms with Crippen molar-refractivity contribution in [3.8, 4) is 0 Å². The van der Waals surface area contributed by atoms with Crippen LogP contribution in [-0.2, 0) is 0 Å². The van der Waals surface area contributed by atoms with Gasteiger partial charge in [-0.1, -0.05) is 0 Å². The average molecular weight is 277 g/mol. The van der Waals surface area contributed by atoms with Crippen molar-refractivity contribution in [1.29, 1.82) is 0 Å². The van der Waals surface area contributed by atoms with E-state index in [1.807, 2.05) is 0 Å². The van der Waals surface area contributed by atoms with Crippen molar-refractivity contribution in [3.05, 3.63) is 24.1 Å². The predicted molar refractivity (Wildman–Crippen MR) is 76.7 cm³/mol. The van der Waals surface area contributed by atoms with Crippen LogP contribution in [0.5, 0.6) is 0 Å². The Hall–Kier alpha value is -2.08. The minimum atomic E-state index is -0.931. The molecule has 1 heterocycles. The van der Waals surface area contributed by atoms with Crippen LogP contribution in [0.15, 0.2) is 22.6 Å². The van der Waals surface area contributed by atoms with E-state index in [4.69, 9.17) is 4.42 Å². The molecule has 0 aliphatic rings. The molecular weight excluding hydrogens is 258 g/mol. The highest BCUT2D eigenvalue weighted by Gasteiger charge is 2.19. The summed E-state index contributed by atoms with van der Waals surface area (Å²) in [7, 11) is 1.63. The zero-order valence-corrected chi connectivity index (χ0v) is 12.1. The van der Waals surface area contributed by atoms with Gasteiger partial charge in [0.25, 0.3) is 0 Å². The van der Waals surface area contributed by atoms with Gasteiger partial charge >= 0.3 is 6.03 Å². The molecule has 0 saturated carbocycles. The second-order valence-corrected chi connectivity index (χ2v) is 5.51. The maximum absolute atomic E-state index is 12.0. The molecule has 0 fully saturated rings. The third-order valence-corrected chi connectivity index (χ3v) is 2.72. The fourth-order valence-electron chi connectivity index (χ4n) is 1.99. The van der Waals surface area contributed by atoms with E-state index < -0.39 is 5.60 Å². The molecule has 108 valence electrons. The number of benzene rings is 1. The molecule has 6 nitrogen and oxygen atoms in total. The van der Waals surface area contributed by atoms with Crippen molar-refractivity contribution in [2.45, 2.75) is 26.4 Å². The van der Waals surface area contributed by atoms with Gasteiger partial charge in [0.15, 0.2) is 11.5 Å². The maximum Gasteiger partial charge on any atom is 0.321 e. The number of nitrogens with zero attached hydrogens (tertiary/aromatic N) is 2. The Labute approximate surface area is 117 Å². The van der Waals surface area contributed by atoms with Gasteiger partial charge in [0.05, 0.1) is 12.1 Å². The van der Waals surface area contributed by atoms with E-state index in [0.29, 0.717) is 22.7 Å². The number of aryl methyl sites for hydroxylation is 1. The Morgan fingerprint density at radius 2 is 2.20 bits per heavy atom. The number of amides is 2. The molecule has 1 aromatic carbocycles. The summed E-state index contributed by atoms with van der Waals surface area (Å²) in [6.45, 7) is 5.32. The third kappa shape index (κ3) is 3.48. The molecular formula is C14H19N3O3. The Bertz CT molecular complexity index is 628. The summed E-state index contributed by atoms with van der Waals surface area (Å²) in [4.78, 5) is 17.6. The number of aliphatic hydroxyl groups is 1. The fraction of sp³-hybridized carbons (Fsp3) is 0.429. The van der Waals surface area contributed by atoms with Crippen molar-refractivity contribution in [3.63, 3.8) is 0 Å². The summed E-state index contributed by atoms with van der Waals surface area (Å²) in [6, 6.07) is 4.98. The smallest absolute Gasteiger partial charge is 0.321 e. The normalized spacial score (nSPS) is 11.7. The van der Waals surface area contributed by atoms with E-state index in [-0.39, 0.29) is 12.6 Å². The summed E-state index contributed by atoms with van der Waals surface area (Å²) in [5, 5.41) is 12.5. The largest absolute Gasteiger partial charge is 0.441 e. The molecule has 0 saturated heterocycles. The number of likely N-dealkylation sites (N-methyl/N-ethyl adjacent to an activating group) is 1. The van der Waals surface area contributed by atoms with Gasteiger partial charge in [-0.15, -0.1) is 0 Å². The number of fused-ring (bicyclic) bond motifs is 1. The van der Waals surface area contributed by atoms with Crippen LogP contribution in [-0.4, -0.2) is 40.2 Å². The lowest BCUT2D eigenvalue weighted by Gasteiger charge is -2.25. The Balaban J connectivity index is 2.09. The Morgan fingerprint density at radius 3 is 2.85 bits per heavy atom. The summed E-state index contributed by atoms with van der Waals surface area (Å²) >= 11 is 0. The number of carbonyl (C=O) groups excluding carboxylic acids is 1. The van der Waals surface area contributed by atoms with Crippen molar-refractivity contribution in [1.82, 2.24) is 9.88 Å². The zero-order chi connectivity index (χ0) is 14.9. The third-order valence-electron chi connectivity index (χ3n) is 2.72. The van der Waals surface area contributed by atoms with Gasteiger partial charge in [-0.2, -0.15) is 0 Å². The van der Waals surface area contributed by atoms with Gasteiger partial charge in [-0.3, -0.25) is 0 Å². The number of hydrogen-bond donors (Lipinski definition) is 2. The van der Waals surface area contributed by atoms with Gasteiger partial charge < -0.3 is 19.7 Å². The highest BCUT2D eigenvalue weighted by molar-refractivity contribution is 5.91. The second kappa shape index (κ2) is 5.13. The first kappa shape index (κ1) is 14.3. The van der Waals surface area contributed by atoms with E-state index >= 15 is 0 Å². The molecule has 0 atom stereocenters. The number of carbonyl (C=O) groups is 1. The summed E-state index contributed by atoms with van der Waals surface area (Å²) < 4.78 is 5.37. The molecule has 0 radical (unpaired) electrons. The predicted octanol–water partition coefficient (Wildman–Crippen LogP) is 2.37. The van der Waals surface area contributed by atoms with Gasteiger partial charge in [0.1, 0.15) is 5.52 Å². The molecule has 2 amide bonds. The quantitative estimate of drug-likeness (QED) is 0.902. The van der Waals surface area contributed by atoms with Crippen LogP contribution in [0.25, 0.3) is 11.1 Å². The van der Waals surface area contributed by atoms with E-state index in [1.165, 1.54) is 4.90 Å². The molecule has 2 N–H and O–H groups in total. The first-order chi connectivity index (χ1) is 9.24. The molecule has 0 spiro atoms. The van der Waals surface area contributed by atoms with Crippen LogP contribution < -0.4 is 5.32 Å². The summed E-state index contributed by atoms with van der Waals surface area (Å²) in [5.74, 6) is 0.586. The summed E-state index contributed by atoms with van der Waals surface area (Å²) in [5.41, 5.74) is 1.09. The molecule has 20 heavy (non-hydrogen) atoms. The number of nitrogens with one attached hydrogen (secondary N) is 1. The summed E-state index contributed by atoms with van der Waals surface area (Å²) in [6.07, 6.45) is 0. The first-order valence-corrected chi connectivity index (χ1v) is 6.36. The van der Waals surface area contributed by atoms with Crippen molar-refractivity contribution in [2.24, 2.45) is 0 Å². The van der Waals surface area contributed by atoms with Crippen molar-refractivity contribution < 1.29 is 14.3 Å². The zero-order valence-electron chi connectivity index (χ0n) is 12.1. The van der Waals surface area contributed by atoms with E-state index in [2.05, 4.69) is 10.3 Å². The van der Waals surface area contributed by atoms with Crippen LogP contribution in [0.2, 0.25) is 0 Å². The number of oxazole rings is 1. The monoisotopic (exact) mass is 277 g/mol. The van der Waals surface area contributed by atoms with Crippen LogP contribution in [0, 0.1) is 6.92 Å².